The van der Waals surface area contributed by atoms with Gasteiger partial charge in [0.2, 0.25) is 0 Å². The minimum absolute atomic E-state index is 0. The quantitative estimate of drug-likeness (QED) is 0.255. The van der Waals surface area contributed by atoms with Crippen molar-refractivity contribution >= 4 is 11.8 Å². The fourth-order valence-electron chi connectivity index (χ4n) is 2.75. The van der Waals surface area contributed by atoms with Crippen LogP contribution in [0.1, 0.15) is 6.42 Å². The SMILES string of the molecule is O=C1[N-]C(=O)[C@H]2[C@@H]1[C@@H]1C=C[C@H]2C1.[K+]. The molecule has 2 aliphatic carbocycles. The molecular formula is C9H8KNO2. The Morgan fingerprint density at radius 2 is 1.54 bits per heavy atom. The van der Waals surface area contributed by atoms with E-state index in [1.807, 2.05) is 0 Å². The largest absolute Gasteiger partial charge is 1.00 e. The van der Waals surface area contributed by atoms with Crippen LogP contribution < -0.4 is 51.4 Å². The Kier molecular flexibility index (Phi) is 2.53. The zero-order chi connectivity index (χ0) is 8.29. The molecule has 1 aliphatic heterocycles. The number of rotatable bonds is 0. The van der Waals surface area contributed by atoms with Gasteiger partial charge in [0.25, 0.3) is 0 Å². The normalized spacial score (nSPS) is 44.6. The first kappa shape index (κ1) is 10.0. The monoisotopic (exact) mass is 201 g/mol. The molecule has 1 saturated heterocycles. The van der Waals surface area contributed by atoms with E-state index in [1.54, 1.807) is 0 Å². The number of allylic oxidation sites excluding steroid dienone is 2. The number of carbonyl (C=O) groups is 2. The zero-order valence-corrected chi connectivity index (χ0v) is 10.6. The summed E-state index contributed by atoms with van der Waals surface area (Å²) in [6.45, 7) is 0. The molecule has 2 fully saturated rings. The molecule has 2 bridgehead atoms. The Morgan fingerprint density at radius 1 is 1.08 bits per heavy atom. The van der Waals surface area contributed by atoms with Gasteiger partial charge in [-0.2, -0.15) is 0 Å². The van der Waals surface area contributed by atoms with Crippen molar-refractivity contribution < 1.29 is 61.0 Å². The summed E-state index contributed by atoms with van der Waals surface area (Å²) in [7, 11) is 0. The third kappa shape index (κ3) is 1.23. The van der Waals surface area contributed by atoms with E-state index in [9.17, 15) is 9.59 Å². The number of hydrogen-bond acceptors (Lipinski definition) is 2. The molecule has 0 aromatic carbocycles. The minimum atomic E-state index is -0.179. The van der Waals surface area contributed by atoms with Crippen LogP contribution in [0, 0.1) is 23.7 Å². The summed E-state index contributed by atoms with van der Waals surface area (Å²) < 4.78 is 0. The van der Waals surface area contributed by atoms with Gasteiger partial charge in [-0.15, -0.1) is 0 Å². The van der Waals surface area contributed by atoms with Gasteiger partial charge >= 0.3 is 51.4 Å². The number of hydrogen-bond donors (Lipinski definition) is 0. The van der Waals surface area contributed by atoms with Crippen LogP contribution in [0.2, 0.25) is 0 Å². The zero-order valence-electron chi connectivity index (χ0n) is 7.43. The Hall–Kier alpha value is 0.516. The Morgan fingerprint density at radius 3 is 2.00 bits per heavy atom. The second kappa shape index (κ2) is 3.27. The van der Waals surface area contributed by atoms with Crippen LogP contribution in [-0.2, 0) is 9.59 Å². The van der Waals surface area contributed by atoms with Gasteiger partial charge in [0.05, 0.1) is 11.8 Å². The van der Waals surface area contributed by atoms with Gasteiger partial charge in [0.15, 0.2) is 0 Å². The molecule has 0 N–H and O–H groups in total. The number of amides is 2. The van der Waals surface area contributed by atoms with E-state index >= 15 is 0 Å². The van der Waals surface area contributed by atoms with Crippen molar-refractivity contribution in [3.63, 3.8) is 0 Å². The van der Waals surface area contributed by atoms with Gasteiger partial charge in [-0.3, -0.25) is 0 Å². The van der Waals surface area contributed by atoms with Crippen molar-refractivity contribution in [3.8, 4) is 0 Å². The van der Waals surface area contributed by atoms with Crippen molar-refractivity contribution in [2.24, 2.45) is 23.7 Å². The molecule has 0 radical (unpaired) electrons. The first-order valence-corrected chi connectivity index (χ1v) is 4.25. The maximum Gasteiger partial charge on any atom is 1.00 e. The number of nitrogens with zero attached hydrogens (tertiary/aromatic N) is 1. The van der Waals surface area contributed by atoms with Crippen molar-refractivity contribution in [2.45, 2.75) is 6.42 Å². The van der Waals surface area contributed by atoms with Crippen LogP contribution >= 0.6 is 0 Å². The van der Waals surface area contributed by atoms with E-state index in [0.717, 1.165) is 6.42 Å². The maximum atomic E-state index is 11.2. The Bertz CT molecular complexity index is 285. The van der Waals surface area contributed by atoms with Gasteiger partial charge in [-0.1, -0.05) is 12.2 Å². The Labute approximate surface area is 119 Å². The maximum absolute atomic E-state index is 11.2. The summed E-state index contributed by atoms with van der Waals surface area (Å²) in [5.74, 6) is 0.0779. The average Bonchev–Trinajstić information content (AvgIpc) is 2.64. The predicted octanol–water partition coefficient (Wildman–Crippen LogP) is -2.13. The van der Waals surface area contributed by atoms with Gasteiger partial charge in [-0.05, 0) is 18.3 Å². The predicted molar refractivity (Wildman–Crippen MR) is 41.1 cm³/mol. The molecule has 0 spiro atoms. The summed E-state index contributed by atoms with van der Waals surface area (Å²) in [4.78, 5) is 22.5. The van der Waals surface area contributed by atoms with E-state index in [1.165, 1.54) is 0 Å². The molecule has 3 rings (SSSR count). The van der Waals surface area contributed by atoms with E-state index in [4.69, 9.17) is 0 Å². The van der Waals surface area contributed by atoms with Crippen LogP contribution in [0.15, 0.2) is 12.2 Å². The molecule has 3 nitrogen and oxygen atoms in total. The number of imide groups is 1. The standard InChI is InChI=1S/C9H9NO2.K/c11-8-6-4-1-2-5(3-4)7(6)9(12)10-8;/h1-2,4-7H,3H2,(H,10,11,12);/q;+1/p-1/t4-,5+,6+,7-;. The summed E-state index contributed by atoms with van der Waals surface area (Å²) >= 11 is 0. The van der Waals surface area contributed by atoms with E-state index < -0.39 is 0 Å². The van der Waals surface area contributed by atoms with Crippen LogP contribution in [0.3, 0.4) is 0 Å². The first-order chi connectivity index (χ1) is 5.77. The van der Waals surface area contributed by atoms with E-state index in [2.05, 4.69) is 17.5 Å². The molecule has 13 heavy (non-hydrogen) atoms. The average molecular weight is 201 g/mol. The molecule has 62 valence electrons. The molecule has 4 heteroatoms. The molecular weight excluding hydrogens is 193 g/mol. The third-order valence-electron chi connectivity index (χ3n) is 3.25. The smallest absolute Gasteiger partial charge is 0.595 e. The summed E-state index contributed by atoms with van der Waals surface area (Å²) in [5, 5.41) is 3.50. The van der Waals surface area contributed by atoms with E-state index in [0.29, 0.717) is 11.8 Å². The molecule has 0 unspecified atom stereocenters. The minimum Gasteiger partial charge on any atom is -0.595 e. The van der Waals surface area contributed by atoms with Crippen LogP contribution in [0.25, 0.3) is 5.32 Å². The molecule has 3 aliphatic rings. The summed E-state index contributed by atoms with van der Waals surface area (Å²) in [5.41, 5.74) is 0. The number of fused-ring (bicyclic) bond motifs is 5. The molecule has 1 heterocycles. The van der Waals surface area contributed by atoms with Gasteiger partial charge in [0, 0.05) is 11.8 Å². The van der Waals surface area contributed by atoms with Crippen molar-refractivity contribution in [2.75, 3.05) is 0 Å². The van der Waals surface area contributed by atoms with Gasteiger partial charge < -0.3 is 14.9 Å². The molecule has 2 amide bonds. The third-order valence-corrected chi connectivity index (χ3v) is 3.25. The molecule has 0 aromatic rings. The second-order valence-electron chi connectivity index (χ2n) is 3.79. The Balaban J connectivity index is 0.000000653. The molecule has 0 aromatic heterocycles. The molecule has 4 atom stereocenters. The van der Waals surface area contributed by atoms with Crippen LogP contribution in [-0.4, -0.2) is 11.8 Å². The van der Waals surface area contributed by atoms with Gasteiger partial charge in [-0.25, -0.2) is 0 Å². The molecule has 1 saturated carbocycles. The number of carbonyl (C=O) groups excluding carboxylic acids is 2. The van der Waals surface area contributed by atoms with Crippen molar-refractivity contribution in [1.82, 2.24) is 0 Å². The first-order valence-electron chi connectivity index (χ1n) is 4.25. The van der Waals surface area contributed by atoms with Crippen molar-refractivity contribution in [1.29, 1.82) is 0 Å². The topological polar surface area (TPSA) is 48.2 Å². The fraction of sp³-hybridized carbons (Fsp3) is 0.556. The fourth-order valence-corrected chi connectivity index (χ4v) is 2.75. The van der Waals surface area contributed by atoms with Crippen LogP contribution in [0.5, 0.6) is 0 Å². The van der Waals surface area contributed by atoms with E-state index in [-0.39, 0.29) is 75.0 Å². The van der Waals surface area contributed by atoms with Crippen molar-refractivity contribution in [3.05, 3.63) is 17.5 Å². The second-order valence-corrected chi connectivity index (χ2v) is 3.79. The summed E-state index contributed by atoms with van der Waals surface area (Å²) in [6, 6.07) is 0. The summed E-state index contributed by atoms with van der Waals surface area (Å²) in [6.07, 6.45) is 5.12. The van der Waals surface area contributed by atoms with Crippen LogP contribution in [0.4, 0.5) is 0 Å². The van der Waals surface area contributed by atoms with Gasteiger partial charge in [0.1, 0.15) is 0 Å².